The molecule has 136 valence electrons. The molecule has 3 rings (SSSR count). The van der Waals surface area contributed by atoms with Crippen LogP contribution in [0.1, 0.15) is 37.9 Å². The molecule has 1 aromatic rings. The average molecular weight is 347 g/mol. The molecule has 0 atom stereocenters. The normalized spacial score (nSPS) is 18.5. The fraction of sp³-hybridized carbons (Fsp3) is 0.611. The van der Waals surface area contributed by atoms with E-state index < -0.39 is 6.17 Å². The number of piperidine rings is 1. The molecule has 0 unspecified atom stereocenters. The highest BCUT2D eigenvalue weighted by Crippen LogP contribution is 2.28. The predicted molar refractivity (Wildman–Crippen MR) is 96.2 cm³/mol. The van der Waals surface area contributed by atoms with E-state index in [0.29, 0.717) is 51.9 Å². The Morgan fingerprint density at radius 1 is 1.16 bits per heavy atom. The number of halogens is 1. The van der Waals surface area contributed by atoms with Crippen LogP contribution in [0, 0.1) is 0 Å². The van der Waals surface area contributed by atoms with Gasteiger partial charge in [0.05, 0.1) is 5.69 Å². The zero-order chi connectivity index (χ0) is 18.0. The third-order valence-corrected chi connectivity index (χ3v) is 4.79. The second kappa shape index (κ2) is 7.37. The highest BCUT2D eigenvalue weighted by atomic mass is 19.1. The fourth-order valence-corrected chi connectivity index (χ4v) is 3.48. The number of alkyl halides is 1. The summed E-state index contributed by atoms with van der Waals surface area (Å²) < 4.78 is 13.5. The van der Waals surface area contributed by atoms with Crippen molar-refractivity contribution in [3.63, 3.8) is 0 Å². The number of carbonyl (C=O) groups excluding carboxylic acids is 1. The number of aromatic nitrogens is 2. The first kappa shape index (κ1) is 17.6. The SMILES string of the molecule is CC(C)=CC(=O)N1CCc2nc(N)nc(N3CCC(F)CC3)c2CC1. The summed E-state index contributed by atoms with van der Waals surface area (Å²) in [5.41, 5.74) is 8.88. The molecule has 1 fully saturated rings. The van der Waals surface area contributed by atoms with Gasteiger partial charge in [-0.05, 0) is 33.1 Å². The number of nitrogens with two attached hydrogens (primary N) is 1. The van der Waals surface area contributed by atoms with E-state index in [4.69, 9.17) is 5.73 Å². The van der Waals surface area contributed by atoms with Crippen LogP contribution >= 0.6 is 0 Å². The Kier molecular flexibility index (Phi) is 5.20. The first-order chi connectivity index (χ1) is 11.9. The molecule has 0 saturated carbocycles. The zero-order valence-electron chi connectivity index (χ0n) is 15.0. The highest BCUT2D eigenvalue weighted by Gasteiger charge is 2.26. The van der Waals surface area contributed by atoms with Crippen molar-refractivity contribution >= 4 is 17.7 Å². The Labute approximate surface area is 147 Å². The Bertz CT molecular complexity index is 678. The summed E-state index contributed by atoms with van der Waals surface area (Å²) in [6, 6.07) is 0. The van der Waals surface area contributed by atoms with Gasteiger partial charge in [0, 0.05) is 44.2 Å². The molecule has 7 heteroatoms. The minimum absolute atomic E-state index is 0.0357. The summed E-state index contributed by atoms with van der Waals surface area (Å²) in [4.78, 5) is 25.2. The fourth-order valence-electron chi connectivity index (χ4n) is 3.48. The molecule has 1 saturated heterocycles. The van der Waals surface area contributed by atoms with Crippen LogP contribution in [0.25, 0.3) is 0 Å². The summed E-state index contributed by atoms with van der Waals surface area (Å²) >= 11 is 0. The van der Waals surface area contributed by atoms with Crippen molar-refractivity contribution in [3.05, 3.63) is 22.9 Å². The standard InChI is InChI=1S/C18H26FN5O/c1-12(2)11-16(25)23-9-5-14-15(6-10-23)21-18(20)22-17(14)24-7-3-13(19)4-8-24/h11,13H,3-10H2,1-2H3,(H2,20,21,22). The molecule has 0 aromatic carbocycles. The van der Waals surface area contributed by atoms with Gasteiger partial charge in [0.2, 0.25) is 11.9 Å². The van der Waals surface area contributed by atoms with Crippen LogP contribution < -0.4 is 10.6 Å². The first-order valence-corrected chi connectivity index (χ1v) is 8.92. The van der Waals surface area contributed by atoms with Crippen LogP contribution in [0.3, 0.4) is 0 Å². The minimum atomic E-state index is -0.730. The van der Waals surface area contributed by atoms with Crippen LogP contribution in [0.5, 0.6) is 0 Å². The quantitative estimate of drug-likeness (QED) is 0.827. The molecule has 2 N–H and O–H groups in total. The van der Waals surface area contributed by atoms with Crippen molar-refractivity contribution in [1.29, 1.82) is 0 Å². The van der Waals surface area contributed by atoms with Crippen LogP contribution in [0.15, 0.2) is 11.6 Å². The Balaban J connectivity index is 1.83. The third kappa shape index (κ3) is 4.08. The van der Waals surface area contributed by atoms with Crippen molar-refractivity contribution < 1.29 is 9.18 Å². The molecule has 2 aliphatic rings. The van der Waals surface area contributed by atoms with Crippen molar-refractivity contribution in [2.45, 2.75) is 45.7 Å². The molecular weight excluding hydrogens is 321 g/mol. The maximum atomic E-state index is 13.5. The van der Waals surface area contributed by atoms with E-state index in [0.717, 1.165) is 22.6 Å². The van der Waals surface area contributed by atoms with E-state index in [-0.39, 0.29) is 11.9 Å². The Hall–Kier alpha value is -2.18. The number of anilines is 2. The summed E-state index contributed by atoms with van der Waals surface area (Å²) in [5, 5.41) is 0. The monoisotopic (exact) mass is 347 g/mol. The van der Waals surface area contributed by atoms with Crippen LogP contribution in [-0.2, 0) is 17.6 Å². The number of hydrogen-bond donors (Lipinski definition) is 1. The number of amides is 1. The molecule has 0 radical (unpaired) electrons. The van der Waals surface area contributed by atoms with Gasteiger partial charge in [-0.1, -0.05) is 5.57 Å². The summed E-state index contributed by atoms with van der Waals surface area (Å²) in [6.45, 7) is 6.38. The number of carbonyl (C=O) groups is 1. The maximum absolute atomic E-state index is 13.5. The lowest BCUT2D eigenvalue weighted by Gasteiger charge is -2.31. The molecule has 25 heavy (non-hydrogen) atoms. The van der Waals surface area contributed by atoms with Gasteiger partial charge in [-0.15, -0.1) is 0 Å². The summed E-state index contributed by atoms with van der Waals surface area (Å²) in [5.74, 6) is 1.11. The summed E-state index contributed by atoms with van der Waals surface area (Å²) in [7, 11) is 0. The molecule has 6 nitrogen and oxygen atoms in total. The Morgan fingerprint density at radius 2 is 1.84 bits per heavy atom. The first-order valence-electron chi connectivity index (χ1n) is 8.92. The number of rotatable bonds is 2. The molecule has 0 spiro atoms. The van der Waals surface area contributed by atoms with Crippen molar-refractivity contribution in [1.82, 2.24) is 14.9 Å². The number of allylic oxidation sites excluding steroid dienone is 1. The lowest BCUT2D eigenvalue weighted by Crippen LogP contribution is -2.36. The van der Waals surface area contributed by atoms with Crippen molar-refractivity contribution in [3.8, 4) is 0 Å². The van der Waals surface area contributed by atoms with E-state index in [1.165, 1.54) is 0 Å². The van der Waals surface area contributed by atoms with Gasteiger partial charge in [-0.3, -0.25) is 4.79 Å². The lowest BCUT2D eigenvalue weighted by atomic mass is 10.1. The topological polar surface area (TPSA) is 75.3 Å². The summed E-state index contributed by atoms with van der Waals surface area (Å²) in [6.07, 6.45) is 3.34. The van der Waals surface area contributed by atoms with E-state index in [2.05, 4.69) is 14.9 Å². The largest absolute Gasteiger partial charge is 0.368 e. The number of nitrogens with zero attached hydrogens (tertiary/aromatic N) is 4. The molecule has 1 amide bonds. The van der Waals surface area contributed by atoms with Gasteiger partial charge >= 0.3 is 0 Å². The maximum Gasteiger partial charge on any atom is 0.246 e. The van der Waals surface area contributed by atoms with Gasteiger partial charge in [0.25, 0.3) is 0 Å². The van der Waals surface area contributed by atoms with Crippen molar-refractivity contribution in [2.24, 2.45) is 0 Å². The second-order valence-electron chi connectivity index (χ2n) is 7.04. The molecule has 2 aliphatic heterocycles. The number of hydrogen-bond acceptors (Lipinski definition) is 5. The van der Waals surface area contributed by atoms with Gasteiger partial charge in [-0.25, -0.2) is 9.37 Å². The number of fused-ring (bicyclic) bond motifs is 1. The molecule has 3 heterocycles. The second-order valence-corrected chi connectivity index (χ2v) is 7.04. The predicted octanol–water partition coefficient (Wildman–Crippen LogP) is 1.89. The molecule has 0 aliphatic carbocycles. The third-order valence-electron chi connectivity index (χ3n) is 4.79. The van der Waals surface area contributed by atoms with Crippen LogP contribution in [-0.4, -0.2) is 53.1 Å². The molecular formula is C18H26FN5O. The minimum Gasteiger partial charge on any atom is -0.368 e. The van der Waals surface area contributed by atoms with E-state index in [1.807, 2.05) is 18.7 Å². The smallest absolute Gasteiger partial charge is 0.246 e. The van der Waals surface area contributed by atoms with Gasteiger partial charge in [0.1, 0.15) is 12.0 Å². The van der Waals surface area contributed by atoms with Gasteiger partial charge in [0.15, 0.2) is 0 Å². The van der Waals surface area contributed by atoms with E-state index in [9.17, 15) is 9.18 Å². The van der Waals surface area contributed by atoms with Crippen LogP contribution in [0.2, 0.25) is 0 Å². The van der Waals surface area contributed by atoms with Crippen molar-refractivity contribution in [2.75, 3.05) is 36.8 Å². The molecule has 1 aromatic heterocycles. The average Bonchev–Trinajstić information content (AvgIpc) is 2.77. The van der Waals surface area contributed by atoms with Crippen LogP contribution in [0.4, 0.5) is 16.2 Å². The zero-order valence-corrected chi connectivity index (χ0v) is 15.0. The number of nitrogen functional groups attached to an aromatic ring is 1. The van der Waals surface area contributed by atoms with Gasteiger partial charge < -0.3 is 15.5 Å². The molecule has 0 bridgehead atoms. The lowest BCUT2D eigenvalue weighted by molar-refractivity contribution is -0.126. The van der Waals surface area contributed by atoms with E-state index in [1.54, 1.807) is 6.08 Å². The Morgan fingerprint density at radius 3 is 2.52 bits per heavy atom. The highest BCUT2D eigenvalue weighted by molar-refractivity contribution is 5.88. The van der Waals surface area contributed by atoms with Gasteiger partial charge in [-0.2, -0.15) is 4.98 Å². The van der Waals surface area contributed by atoms with E-state index >= 15 is 0 Å².